The number of imidazole rings is 1. The van der Waals surface area contributed by atoms with Crippen LogP contribution >= 0.6 is 0 Å². The van der Waals surface area contributed by atoms with Crippen LogP contribution < -0.4 is 4.72 Å². The van der Waals surface area contributed by atoms with Gasteiger partial charge in [-0.15, -0.1) is 0 Å². The zero-order chi connectivity index (χ0) is 14.3. The summed E-state index contributed by atoms with van der Waals surface area (Å²) in [5.41, 5.74) is -1.49. The molecule has 0 saturated heterocycles. The van der Waals surface area contributed by atoms with Crippen molar-refractivity contribution in [1.29, 1.82) is 0 Å². The second-order valence-corrected chi connectivity index (χ2v) is 5.94. The number of carbonyl (C=O) groups is 1. The average molecular weight is 295 g/mol. The molecule has 10 heteroatoms. The molecule has 0 aliphatic heterocycles. The highest BCUT2D eigenvalue weighted by atomic mass is 32.2. The van der Waals surface area contributed by atoms with Crippen LogP contribution in [0.3, 0.4) is 0 Å². The highest BCUT2D eigenvalue weighted by Gasteiger charge is 2.46. The summed E-state index contributed by atoms with van der Waals surface area (Å²) in [6, 6.07) is 0. The van der Waals surface area contributed by atoms with E-state index in [0.29, 0.717) is 6.42 Å². The summed E-state index contributed by atoms with van der Waals surface area (Å²) in [7, 11) is -4.77. The molecule has 1 heterocycles. The van der Waals surface area contributed by atoms with Crippen molar-refractivity contribution in [3.8, 4) is 0 Å². The van der Waals surface area contributed by atoms with Crippen molar-refractivity contribution in [1.82, 2.24) is 14.7 Å². The molecule has 1 fully saturated rings. The van der Waals surface area contributed by atoms with E-state index in [4.69, 9.17) is 5.11 Å². The zero-order valence-corrected chi connectivity index (χ0v) is 10.4. The molecule has 0 unspecified atom stereocenters. The maximum absolute atomic E-state index is 12.4. The third kappa shape index (κ3) is 2.45. The van der Waals surface area contributed by atoms with Gasteiger partial charge >= 0.3 is 11.7 Å². The number of alkyl halides is 2. The number of aromatic nitrogens is 2. The lowest BCUT2D eigenvalue weighted by Crippen LogP contribution is -2.52. The van der Waals surface area contributed by atoms with Crippen LogP contribution in [0.1, 0.15) is 35.6 Å². The number of hydrogen-bond acceptors (Lipinski definition) is 4. The van der Waals surface area contributed by atoms with Crippen LogP contribution in [0.25, 0.3) is 0 Å². The topological polar surface area (TPSA) is 112 Å². The minimum atomic E-state index is -4.77. The number of H-pyrrole nitrogens is 1. The Bertz CT molecular complexity index is 594. The number of aromatic carboxylic acids is 1. The molecule has 106 valence electrons. The van der Waals surface area contributed by atoms with Gasteiger partial charge in [0.25, 0.3) is 10.0 Å². The molecule has 0 atom stereocenters. The van der Waals surface area contributed by atoms with Crippen molar-refractivity contribution >= 4 is 16.0 Å². The minimum Gasteiger partial charge on any atom is -0.477 e. The monoisotopic (exact) mass is 295 g/mol. The Balaban J connectivity index is 2.30. The summed E-state index contributed by atoms with van der Waals surface area (Å²) in [6.07, 6.45) is 2.22. The van der Waals surface area contributed by atoms with Crippen LogP contribution in [0.4, 0.5) is 8.78 Å². The van der Waals surface area contributed by atoms with Crippen LogP contribution in [-0.4, -0.2) is 35.2 Å². The van der Waals surface area contributed by atoms with E-state index in [1.165, 1.54) is 0 Å². The fourth-order valence-electron chi connectivity index (χ4n) is 1.91. The molecule has 1 aromatic rings. The fourth-order valence-corrected chi connectivity index (χ4v) is 2.84. The van der Waals surface area contributed by atoms with Crippen molar-refractivity contribution < 1.29 is 27.1 Å². The Morgan fingerprint density at radius 3 is 2.53 bits per heavy atom. The number of carboxylic acids is 1. The molecule has 1 saturated carbocycles. The summed E-state index contributed by atoms with van der Waals surface area (Å²) < 4.78 is 49.1. The first-order valence-corrected chi connectivity index (χ1v) is 6.91. The van der Waals surface area contributed by atoms with Gasteiger partial charge in [0.1, 0.15) is 11.5 Å². The lowest BCUT2D eigenvalue weighted by atomic mass is 9.77. The third-order valence-corrected chi connectivity index (χ3v) is 4.18. The molecule has 1 aliphatic rings. The standard InChI is InChI=1S/C9H11F2N3O4S/c10-8(11)19(17,18)14-9(2-1-3-9)7-12-4-5(13-7)6(15)16/h4,8,14H,1-3H2,(H,12,13)(H,15,16). The average Bonchev–Trinajstić information content (AvgIpc) is 2.72. The van der Waals surface area contributed by atoms with Gasteiger partial charge in [0.05, 0.1) is 11.7 Å². The number of nitrogens with one attached hydrogen (secondary N) is 2. The predicted molar refractivity (Wildman–Crippen MR) is 59.1 cm³/mol. The molecule has 0 amide bonds. The minimum absolute atomic E-state index is 0.0420. The molecular weight excluding hydrogens is 284 g/mol. The molecule has 0 radical (unpaired) electrons. The largest absolute Gasteiger partial charge is 0.477 e. The van der Waals surface area contributed by atoms with Crippen molar-refractivity contribution in [3.05, 3.63) is 17.7 Å². The Hall–Kier alpha value is -1.55. The molecule has 3 N–H and O–H groups in total. The molecular formula is C9H11F2N3O4S. The molecule has 1 aromatic heterocycles. The van der Waals surface area contributed by atoms with Gasteiger partial charge < -0.3 is 10.1 Å². The van der Waals surface area contributed by atoms with E-state index in [-0.39, 0.29) is 24.4 Å². The number of nitrogens with zero attached hydrogens (tertiary/aromatic N) is 1. The molecule has 0 aromatic carbocycles. The molecule has 1 aliphatic carbocycles. The summed E-state index contributed by atoms with van der Waals surface area (Å²) in [6.45, 7) is 0. The lowest BCUT2D eigenvalue weighted by molar-refractivity contribution is 0.0690. The first-order chi connectivity index (χ1) is 8.77. The summed E-state index contributed by atoms with van der Waals surface area (Å²) in [4.78, 5) is 16.9. The van der Waals surface area contributed by atoms with Gasteiger partial charge in [-0.3, -0.25) is 0 Å². The highest BCUT2D eigenvalue weighted by molar-refractivity contribution is 7.89. The van der Waals surface area contributed by atoms with E-state index >= 15 is 0 Å². The van der Waals surface area contributed by atoms with Gasteiger partial charge in [-0.1, -0.05) is 0 Å². The molecule has 0 bridgehead atoms. The maximum Gasteiger partial charge on any atom is 0.353 e. The number of aromatic amines is 1. The zero-order valence-electron chi connectivity index (χ0n) is 9.56. The van der Waals surface area contributed by atoms with Gasteiger partial charge in [-0.25, -0.2) is 18.2 Å². The first kappa shape index (κ1) is 13.9. The van der Waals surface area contributed by atoms with E-state index in [0.717, 1.165) is 6.20 Å². The first-order valence-electron chi connectivity index (χ1n) is 5.36. The van der Waals surface area contributed by atoms with E-state index < -0.39 is 27.3 Å². The number of sulfonamides is 1. The Morgan fingerprint density at radius 1 is 1.53 bits per heavy atom. The van der Waals surface area contributed by atoms with Crippen LogP contribution in [0.15, 0.2) is 6.20 Å². The number of halogens is 2. The highest BCUT2D eigenvalue weighted by Crippen LogP contribution is 2.40. The number of rotatable bonds is 5. The molecule has 19 heavy (non-hydrogen) atoms. The van der Waals surface area contributed by atoms with Gasteiger partial charge in [0.2, 0.25) is 0 Å². The number of hydrogen-bond donors (Lipinski definition) is 3. The Labute approximate surface area is 107 Å². The SMILES string of the molecule is O=C(O)c1cnc(C2(NS(=O)(=O)C(F)F)CCC2)[nH]1. The van der Waals surface area contributed by atoms with Gasteiger partial charge in [0, 0.05) is 0 Å². The summed E-state index contributed by atoms with van der Waals surface area (Å²) >= 11 is 0. The number of carboxylic acid groups (broad SMARTS) is 1. The second-order valence-electron chi connectivity index (χ2n) is 4.29. The lowest BCUT2D eigenvalue weighted by Gasteiger charge is -2.40. The van der Waals surface area contributed by atoms with Gasteiger partial charge in [0.15, 0.2) is 0 Å². The Kier molecular flexibility index (Phi) is 3.31. The predicted octanol–water partition coefficient (Wildman–Crippen LogP) is 0.629. The molecule has 0 spiro atoms. The van der Waals surface area contributed by atoms with Crippen molar-refractivity contribution in [2.75, 3.05) is 0 Å². The van der Waals surface area contributed by atoms with Crippen LogP contribution in [0.5, 0.6) is 0 Å². The molecule has 7 nitrogen and oxygen atoms in total. The van der Waals surface area contributed by atoms with Crippen molar-refractivity contribution in [3.63, 3.8) is 0 Å². The van der Waals surface area contributed by atoms with E-state index in [2.05, 4.69) is 9.97 Å². The van der Waals surface area contributed by atoms with Crippen LogP contribution in [0.2, 0.25) is 0 Å². The second kappa shape index (κ2) is 4.53. The summed E-state index contributed by atoms with van der Waals surface area (Å²) in [5, 5.41) is 8.75. The Morgan fingerprint density at radius 2 is 2.16 bits per heavy atom. The smallest absolute Gasteiger partial charge is 0.353 e. The van der Waals surface area contributed by atoms with Crippen molar-refractivity contribution in [2.45, 2.75) is 30.6 Å². The summed E-state index contributed by atoms with van der Waals surface area (Å²) in [5.74, 6) is -4.76. The van der Waals surface area contributed by atoms with Gasteiger partial charge in [-0.05, 0) is 19.3 Å². The fraction of sp³-hybridized carbons (Fsp3) is 0.556. The van der Waals surface area contributed by atoms with E-state index in [1.54, 1.807) is 0 Å². The maximum atomic E-state index is 12.4. The van der Waals surface area contributed by atoms with Crippen LogP contribution in [-0.2, 0) is 15.6 Å². The molecule has 2 rings (SSSR count). The van der Waals surface area contributed by atoms with E-state index in [9.17, 15) is 22.0 Å². The normalized spacial score (nSPS) is 18.3. The van der Waals surface area contributed by atoms with Gasteiger partial charge in [-0.2, -0.15) is 13.5 Å². The third-order valence-electron chi connectivity index (χ3n) is 3.04. The quantitative estimate of drug-likeness (QED) is 0.737. The van der Waals surface area contributed by atoms with Crippen LogP contribution in [0, 0.1) is 0 Å². The van der Waals surface area contributed by atoms with Crippen molar-refractivity contribution in [2.24, 2.45) is 0 Å². The van der Waals surface area contributed by atoms with E-state index in [1.807, 2.05) is 4.72 Å².